The van der Waals surface area contributed by atoms with Crippen LogP contribution < -0.4 is 19.7 Å². The smallest absolute Gasteiger partial charge is 0.251 e. The number of aromatic nitrogens is 4. The first-order valence-electron chi connectivity index (χ1n) is 12.4. The van der Waals surface area contributed by atoms with E-state index in [9.17, 15) is 9.59 Å². The van der Waals surface area contributed by atoms with Gasteiger partial charge in [0, 0.05) is 23.9 Å². The van der Waals surface area contributed by atoms with E-state index in [2.05, 4.69) is 34.6 Å². The first-order valence-corrected chi connectivity index (χ1v) is 12.4. The van der Waals surface area contributed by atoms with Gasteiger partial charge in [0.2, 0.25) is 11.7 Å². The van der Waals surface area contributed by atoms with Gasteiger partial charge in [0.05, 0.1) is 14.2 Å². The van der Waals surface area contributed by atoms with Crippen molar-refractivity contribution in [3.8, 4) is 22.9 Å². The fourth-order valence-corrected chi connectivity index (χ4v) is 3.89. The third-order valence-electron chi connectivity index (χ3n) is 5.98. The van der Waals surface area contributed by atoms with Crippen molar-refractivity contribution in [3.05, 3.63) is 48.0 Å². The summed E-state index contributed by atoms with van der Waals surface area (Å²) in [5.41, 5.74) is 2.43. The van der Waals surface area contributed by atoms with Crippen LogP contribution in [-0.2, 0) is 16.1 Å². The van der Waals surface area contributed by atoms with Crippen molar-refractivity contribution in [2.45, 2.75) is 53.1 Å². The zero-order chi connectivity index (χ0) is 26.9. The molecule has 10 nitrogen and oxygen atoms in total. The van der Waals surface area contributed by atoms with Crippen molar-refractivity contribution >= 4 is 17.5 Å². The average molecular weight is 509 g/mol. The molecule has 0 aliphatic heterocycles. The maximum Gasteiger partial charge on any atom is 0.251 e. The number of carbonyl (C=O) groups excluding carboxylic acids is 2. The van der Waals surface area contributed by atoms with E-state index in [0.717, 1.165) is 17.5 Å². The molecule has 0 saturated carbocycles. The van der Waals surface area contributed by atoms with E-state index in [1.54, 1.807) is 25.3 Å². The molecule has 1 atom stereocenters. The van der Waals surface area contributed by atoms with Crippen LogP contribution >= 0.6 is 0 Å². The number of nitrogens with one attached hydrogen (secondary N) is 1. The summed E-state index contributed by atoms with van der Waals surface area (Å²) in [5.74, 6) is 1.26. The molecule has 10 heteroatoms. The molecule has 37 heavy (non-hydrogen) atoms. The fourth-order valence-electron chi connectivity index (χ4n) is 3.89. The van der Waals surface area contributed by atoms with Crippen molar-refractivity contribution < 1.29 is 19.1 Å². The Hall–Kier alpha value is -3.95. The van der Waals surface area contributed by atoms with Gasteiger partial charge in [-0.05, 0) is 43.0 Å². The van der Waals surface area contributed by atoms with E-state index >= 15 is 0 Å². The van der Waals surface area contributed by atoms with Crippen molar-refractivity contribution in [2.75, 3.05) is 25.7 Å². The van der Waals surface area contributed by atoms with Gasteiger partial charge in [0.1, 0.15) is 12.6 Å². The Morgan fingerprint density at radius 2 is 1.76 bits per heavy atom. The van der Waals surface area contributed by atoms with Crippen LogP contribution in [0.3, 0.4) is 0 Å². The predicted molar refractivity (Wildman–Crippen MR) is 142 cm³/mol. The number of methoxy groups -OCH3 is 2. The number of ether oxygens (including phenoxy) is 2. The molecule has 1 heterocycles. The Kier molecular flexibility index (Phi) is 9.59. The molecule has 2 amide bonds. The van der Waals surface area contributed by atoms with E-state index in [4.69, 9.17) is 9.47 Å². The highest BCUT2D eigenvalue weighted by atomic mass is 16.5. The summed E-state index contributed by atoms with van der Waals surface area (Å²) < 4.78 is 10.8. The second-order valence-corrected chi connectivity index (χ2v) is 9.21. The number of hydrogen-bond acceptors (Lipinski definition) is 7. The molecule has 0 aliphatic rings. The molecule has 0 bridgehead atoms. The lowest BCUT2D eigenvalue weighted by molar-refractivity contribution is -0.127. The highest BCUT2D eigenvalue weighted by Crippen LogP contribution is 2.33. The minimum absolute atomic E-state index is 0.191. The maximum absolute atomic E-state index is 13.7. The van der Waals surface area contributed by atoms with Gasteiger partial charge >= 0.3 is 0 Å². The Morgan fingerprint density at radius 3 is 2.38 bits per heavy atom. The van der Waals surface area contributed by atoms with Gasteiger partial charge < -0.3 is 14.8 Å². The SMILES string of the molecule is CCC(C(=O)NCCC(C)C)N(C(=O)Cn1nnc(-c2ccc(C)cc2)n1)c1ccc(OC)c(OC)c1. The fraction of sp³-hybridized carbons (Fsp3) is 0.444. The first kappa shape index (κ1) is 27.6. The van der Waals surface area contributed by atoms with Crippen LogP contribution in [0.25, 0.3) is 11.4 Å². The van der Waals surface area contributed by atoms with E-state index in [-0.39, 0.29) is 18.4 Å². The second kappa shape index (κ2) is 12.8. The molecular weight excluding hydrogens is 472 g/mol. The zero-order valence-electron chi connectivity index (χ0n) is 22.4. The first-order chi connectivity index (χ1) is 17.8. The van der Waals surface area contributed by atoms with E-state index in [0.29, 0.717) is 41.9 Å². The van der Waals surface area contributed by atoms with Crippen molar-refractivity contribution in [1.29, 1.82) is 0 Å². The molecule has 1 aromatic heterocycles. The summed E-state index contributed by atoms with van der Waals surface area (Å²) in [6, 6.07) is 12.1. The summed E-state index contributed by atoms with van der Waals surface area (Å²) >= 11 is 0. The largest absolute Gasteiger partial charge is 0.493 e. The van der Waals surface area contributed by atoms with Gasteiger partial charge in [0.15, 0.2) is 11.5 Å². The molecule has 2 aromatic carbocycles. The Bertz CT molecular complexity index is 1190. The quantitative estimate of drug-likeness (QED) is 0.398. The molecular formula is C27H36N6O4. The van der Waals surface area contributed by atoms with E-state index < -0.39 is 6.04 Å². The normalized spacial score (nSPS) is 11.8. The molecule has 0 fully saturated rings. The number of amides is 2. The molecule has 3 rings (SSSR count). The van der Waals surface area contributed by atoms with Crippen LogP contribution in [0.15, 0.2) is 42.5 Å². The van der Waals surface area contributed by atoms with Gasteiger partial charge in [-0.1, -0.05) is 50.6 Å². The molecule has 3 aromatic rings. The molecule has 0 aliphatic carbocycles. The van der Waals surface area contributed by atoms with Gasteiger partial charge in [0.25, 0.3) is 5.91 Å². The van der Waals surface area contributed by atoms with Gasteiger partial charge in [-0.25, -0.2) is 0 Å². The number of anilines is 1. The number of nitrogens with zero attached hydrogens (tertiary/aromatic N) is 5. The molecule has 1 N–H and O–H groups in total. The highest BCUT2D eigenvalue weighted by Gasteiger charge is 2.31. The van der Waals surface area contributed by atoms with Crippen LogP contribution in [0, 0.1) is 12.8 Å². The lowest BCUT2D eigenvalue weighted by Gasteiger charge is -2.31. The van der Waals surface area contributed by atoms with Gasteiger partial charge in [-0.15, -0.1) is 10.2 Å². The van der Waals surface area contributed by atoms with Gasteiger partial charge in [-0.3, -0.25) is 14.5 Å². The summed E-state index contributed by atoms with van der Waals surface area (Å²) in [6.07, 6.45) is 1.25. The van der Waals surface area contributed by atoms with Crippen molar-refractivity contribution in [2.24, 2.45) is 5.92 Å². The van der Waals surface area contributed by atoms with Crippen LogP contribution in [0.2, 0.25) is 0 Å². The minimum Gasteiger partial charge on any atom is -0.493 e. The lowest BCUT2D eigenvalue weighted by atomic mass is 10.1. The van der Waals surface area contributed by atoms with Crippen molar-refractivity contribution in [1.82, 2.24) is 25.5 Å². The lowest BCUT2D eigenvalue weighted by Crippen LogP contribution is -2.51. The van der Waals surface area contributed by atoms with Crippen LogP contribution in [-0.4, -0.2) is 58.8 Å². The van der Waals surface area contributed by atoms with E-state index in [1.807, 2.05) is 38.1 Å². The van der Waals surface area contributed by atoms with E-state index in [1.165, 1.54) is 16.8 Å². The Labute approximate surface area is 217 Å². The summed E-state index contributed by atoms with van der Waals surface area (Å²) in [4.78, 5) is 29.6. The predicted octanol–water partition coefficient (Wildman–Crippen LogP) is 3.64. The topological polar surface area (TPSA) is 111 Å². The van der Waals surface area contributed by atoms with Crippen LogP contribution in [0.4, 0.5) is 5.69 Å². The van der Waals surface area contributed by atoms with Gasteiger partial charge in [-0.2, -0.15) is 4.80 Å². The zero-order valence-corrected chi connectivity index (χ0v) is 22.4. The molecule has 0 spiro atoms. The number of benzene rings is 2. The summed E-state index contributed by atoms with van der Waals surface area (Å²) in [7, 11) is 3.06. The number of aryl methyl sites for hydroxylation is 1. The minimum atomic E-state index is -0.738. The second-order valence-electron chi connectivity index (χ2n) is 9.21. The Balaban J connectivity index is 1.91. The van der Waals surface area contributed by atoms with Crippen LogP contribution in [0.1, 0.15) is 39.2 Å². The third-order valence-corrected chi connectivity index (χ3v) is 5.98. The molecule has 1 unspecified atom stereocenters. The standard InChI is InChI=1S/C27H36N6O4/c1-7-22(27(35)28-15-14-18(2)3)33(21-12-13-23(36-5)24(16-21)37-6)25(34)17-32-30-26(29-31-32)20-10-8-19(4)9-11-20/h8-13,16,18,22H,7,14-15,17H2,1-6H3,(H,28,35). The maximum atomic E-state index is 13.7. The summed E-state index contributed by atoms with van der Waals surface area (Å²) in [6.45, 7) is 8.40. The Morgan fingerprint density at radius 1 is 1.05 bits per heavy atom. The monoisotopic (exact) mass is 508 g/mol. The van der Waals surface area contributed by atoms with Crippen LogP contribution in [0.5, 0.6) is 11.5 Å². The molecule has 0 saturated heterocycles. The molecule has 0 radical (unpaired) electrons. The number of rotatable bonds is 12. The highest BCUT2D eigenvalue weighted by molar-refractivity contribution is 6.00. The third kappa shape index (κ3) is 7.05. The molecule has 198 valence electrons. The number of tetrazole rings is 1. The summed E-state index contributed by atoms with van der Waals surface area (Å²) in [5, 5.41) is 15.5. The number of hydrogen-bond donors (Lipinski definition) is 1. The number of carbonyl (C=O) groups is 2. The van der Waals surface area contributed by atoms with Crippen molar-refractivity contribution in [3.63, 3.8) is 0 Å². The average Bonchev–Trinajstić information content (AvgIpc) is 3.35.